The van der Waals surface area contributed by atoms with Crippen LogP contribution in [0.25, 0.3) is 0 Å². The number of hydrogen-bond acceptors (Lipinski definition) is 5. The molecule has 2 aromatic carbocycles. The maximum Gasteiger partial charge on any atom is 0.251 e. The summed E-state index contributed by atoms with van der Waals surface area (Å²) in [5.41, 5.74) is 1.64. The van der Waals surface area contributed by atoms with Crippen molar-refractivity contribution < 1.29 is 15.0 Å². The fourth-order valence-electron chi connectivity index (χ4n) is 3.14. The number of carbonyl (C=O) groups is 1. The zero-order valence-corrected chi connectivity index (χ0v) is 16.4. The van der Waals surface area contributed by atoms with Gasteiger partial charge in [-0.1, -0.05) is 46.3 Å². The molecule has 0 radical (unpaired) electrons. The van der Waals surface area contributed by atoms with E-state index in [1.807, 2.05) is 42.5 Å². The number of halogens is 1. The second-order valence-corrected chi connectivity index (χ2v) is 7.58. The third kappa shape index (κ3) is 5.37. The Morgan fingerprint density at radius 3 is 2.48 bits per heavy atom. The minimum Gasteiger partial charge on any atom is -0.389 e. The van der Waals surface area contributed by atoms with Gasteiger partial charge in [0.05, 0.1) is 12.2 Å². The van der Waals surface area contributed by atoms with E-state index in [1.54, 1.807) is 12.1 Å². The zero-order chi connectivity index (χ0) is 19.2. The van der Waals surface area contributed by atoms with Gasteiger partial charge in [-0.15, -0.1) is 0 Å². The molecule has 0 aliphatic carbocycles. The first-order chi connectivity index (χ1) is 13.0. The molecule has 0 saturated carbocycles. The molecular weight excluding hydrogens is 410 g/mol. The van der Waals surface area contributed by atoms with Gasteiger partial charge in [-0.25, -0.2) is 0 Å². The highest BCUT2D eigenvalue weighted by Gasteiger charge is 2.33. The van der Waals surface area contributed by atoms with Crippen LogP contribution in [0.2, 0.25) is 0 Å². The Kier molecular flexibility index (Phi) is 6.98. The zero-order valence-electron chi connectivity index (χ0n) is 14.8. The number of amides is 1. The number of β-amino-alcohol motifs (C(OH)–C–C–N with tert-alkyl or cyclic N) is 1. The van der Waals surface area contributed by atoms with Crippen LogP contribution in [-0.2, 0) is 0 Å². The first-order valence-electron chi connectivity index (χ1n) is 8.96. The molecule has 1 saturated heterocycles. The number of aliphatic hydroxyl groups is 2. The summed E-state index contributed by atoms with van der Waals surface area (Å²) in [7, 11) is 0. The third-order valence-corrected chi connectivity index (χ3v) is 5.28. The number of aliphatic hydroxyl groups excluding tert-OH is 2. The fraction of sp³-hybridized carbons (Fsp3) is 0.350. The van der Waals surface area contributed by atoms with Crippen molar-refractivity contribution in [3.63, 3.8) is 0 Å². The Bertz CT molecular complexity index is 742. The van der Waals surface area contributed by atoms with Gasteiger partial charge in [-0.2, -0.15) is 0 Å². The number of carbonyl (C=O) groups excluding carboxylic acids is 1. The van der Waals surface area contributed by atoms with Crippen LogP contribution in [0.15, 0.2) is 59.1 Å². The minimum atomic E-state index is -0.800. The van der Waals surface area contributed by atoms with E-state index in [0.717, 1.165) is 10.0 Å². The van der Waals surface area contributed by atoms with Gasteiger partial charge in [-0.05, 0) is 29.8 Å². The first kappa shape index (κ1) is 20.0. The summed E-state index contributed by atoms with van der Waals surface area (Å²) in [6.07, 6.45) is -1.55. The molecule has 0 spiro atoms. The molecule has 3 rings (SSSR count). The quantitative estimate of drug-likeness (QED) is 0.452. The van der Waals surface area contributed by atoms with E-state index >= 15 is 0 Å². The highest BCUT2D eigenvalue weighted by molar-refractivity contribution is 9.10. The highest BCUT2D eigenvalue weighted by atomic mass is 79.9. The minimum absolute atomic E-state index is 0.114. The summed E-state index contributed by atoms with van der Waals surface area (Å²) in [6.45, 7) is 1.26. The van der Waals surface area contributed by atoms with Crippen molar-refractivity contribution in [1.29, 1.82) is 0 Å². The van der Waals surface area contributed by atoms with E-state index in [-0.39, 0.29) is 18.0 Å². The van der Waals surface area contributed by atoms with Crippen molar-refractivity contribution in [3.8, 4) is 0 Å². The second kappa shape index (κ2) is 9.43. The summed E-state index contributed by atoms with van der Waals surface area (Å²) in [5.74, 6) is -0.139. The average Bonchev–Trinajstić information content (AvgIpc) is 3.01. The van der Waals surface area contributed by atoms with E-state index in [2.05, 4.69) is 31.9 Å². The molecule has 144 valence electrons. The molecule has 4 atom stereocenters. The number of hydrogen-bond donors (Lipinski definition) is 5. The Labute approximate surface area is 167 Å². The summed E-state index contributed by atoms with van der Waals surface area (Å²) < 4.78 is 0.924. The molecule has 1 amide bonds. The van der Waals surface area contributed by atoms with Crippen LogP contribution in [0.4, 0.5) is 0 Å². The lowest BCUT2D eigenvalue weighted by atomic mass is 10.1. The van der Waals surface area contributed by atoms with Crippen LogP contribution in [-0.4, -0.2) is 54.0 Å². The Hall–Kier alpha value is -1.77. The number of benzene rings is 2. The summed E-state index contributed by atoms with van der Waals surface area (Å²) >= 11 is 3.36. The van der Waals surface area contributed by atoms with Crippen LogP contribution in [0, 0.1) is 0 Å². The first-order valence-corrected chi connectivity index (χ1v) is 9.75. The molecule has 1 fully saturated rings. The van der Waals surface area contributed by atoms with Crippen molar-refractivity contribution in [2.75, 3.05) is 19.6 Å². The molecular formula is C20H24BrN3O3. The van der Waals surface area contributed by atoms with E-state index in [0.29, 0.717) is 25.2 Å². The molecule has 27 heavy (non-hydrogen) atoms. The van der Waals surface area contributed by atoms with Gasteiger partial charge in [-0.3, -0.25) is 4.79 Å². The monoisotopic (exact) mass is 433 g/mol. The van der Waals surface area contributed by atoms with Crippen LogP contribution in [0.3, 0.4) is 0 Å². The van der Waals surface area contributed by atoms with E-state index < -0.39 is 12.2 Å². The molecule has 0 bridgehead atoms. The summed E-state index contributed by atoms with van der Waals surface area (Å²) in [4.78, 5) is 12.4. The van der Waals surface area contributed by atoms with Crippen molar-refractivity contribution in [1.82, 2.24) is 16.0 Å². The van der Waals surface area contributed by atoms with Gasteiger partial charge in [0.2, 0.25) is 0 Å². The van der Waals surface area contributed by atoms with Crippen molar-refractivity contribution >= 4 is 21.8 Å². The lowest BCUT2D eigenvalue weighted by Crippen LogP contribution is -2.45. The topological polar surface area (TPSA) is 93.6 Å². The predicted molar refractivity (Wildman–Crippen MR) is 107 cm³/mol. The molecule has 0 aromatic heterocycles. The van der Waals surface area contributed by atoms with Crippen LogP contribution in [0.1, 0.15) is 22.0 Å². The number of rotatable bonds is 7. The SMILES string of the molecule is O=C(NC[C@H](NC[C@H]1NC[C@H](O)[C@@H]1O)c1ccccc1)c1ccc(Br)cc1. The van der Waals surface area contributed by atoms with Crippen LogP contribution < -0.4 is 16.0 Å². The Morgan fingerprint density at radius 2 is 1.85 bits per heavy atom. The molecule has 5 N–H and O–H groups in total. The molecule has 7 heteroatoms. The number of nitrogens with one attached hydrogen (secondary N) is 3. The predicted octanol–water partition coefficient (Wildman–Crippen LogP) is 1.20. The molecule has 1 aliphatic heterocycles. The normalized spacial score (nSPS) is 23.1. The van der Waals surface area contributed by atoms with Gasteiger partial charge in [0, 0.05) is 41.8 Å². The van der Waals surface area contributed by atoms with Gasteiger partial charge < -0.3 is 26.2 Å². The van der Waals surface area contributed by atoms with Crippen LogP contribution in [0.5, 0.6) is 0 Å². The van der Waals surface area contributed by atoms with Crippen molar-refractivity contribution in [2.24, 2.45) is 0 Å². The van der Waals surface area contributed by atoms with Crippen molar-refractivity contribution in [2.45, 2.75) is 24.3 Å². The lowest BCUT2D eigenvalue weighted by molar-refractivity contribution is 0.0403. The molecule has 1 heterocycles. The average molecular weight is 434 g/mol. The Morgan fingerprint density at radius 1 is 1.15 bits per heavy atom. The van der Waals surface area contributed by atoms with Gasteiger partial charge in [0.15, 0.2) is 0 Å². The lowest BCUT2D eigenvalue weighted by Gasteiger charge is -2.23. The van der Waals surface area contributed by atoms with Gasteiger partial charge >= 0.3 is 0 Å². The maximum atomic E-state index is 12.4. The van der Waals surface area contributed by atoms with Gasteiger partial charge in [0.1, 0.15) is 0 Å². The molecule has 0 unspecified atom stereocenters. The van der Waals surface area contributed by atoms with E-state index in [1.165, 1.54) is 0 Å². The van der Waals surface area contributed by atoms with E-state index in [4.69, 9.17) is 0 Å². The maximum absolute atomic E-state index is 12.4. The van der Waals surface area contributed by atoms with Crippen molar-refractivity contribution in [3.05, 3.63) is 70.2 Å². The summed E-state index contributed by atoms with van der Waals surface area (Å²) in [5, 5.41) is 29.1. The summed E-state index contributed by atoms with van der Waals surface area (Å²) in [6, 6.07) is 16.7. The smallest absolute Gasteiger partial charge is 0.251 e. The molecule has 2 aromatic rings. The second-order valence-electron chi connectivity index (χ2n) is 6.66. The molecule has 1 aliphatic rings. The largest absolute Gasteiger partial charge is 0.389 e. The highest BCUT2D eigenvalue weighted by Crippen LogP contribution is 2.15. The Balaban J connectivity index is 1.62. The van der Waals surface area contributed by atoms with Crippen LogP contribution >= 0.6 is 15.9 Å². The third-order valence-electron chi connectivity index (χ3n) is 4.75. The van der Waals surface area contributed by atoms with Gasteiger partial charge in [0.25, 0.3) is 5.91 Å². The standard InChI is InChI=1S/C20H24BrN3O3/c21-15-8-6-14(7-9-15)20(27)24-10-16(13-4-2-1-3-5-13)22-11-17-19(26)18(25)12-23-17/h1-9,16-19,22-23,25-26H,10-12H2,(H,24,27)/t16-,17+,18-,19+/m0/s1. The fourth-order valence-corrected chi connectivity index (χ4v) is 3.40. The molecule has 6 nitrogen and oxygen atoms in total. The van der Waals surface area contributed by atoms with E-state index in [9.17, 15) is 15.0 Å².